The van der Waals surface area contributed by atoms with Gasteiger partial charge in [-0.2, -0.15) is 5.26 Å². The standard InChI is InChI=1S/C24H19N3O/c25-15-16-10-12-17(13-11-16)23-20-14-22(28)27(18-6-2-1-3-7-18)24(20)19-8-4-5-9-21(19)26-23/h1-13,20,23-24,26H,14H2/t20-,23-,24+/m0/s1. The molecule has 1 N–H and O–H groups in total. The molecule has 2 heterocycles. The Hall–Kier alpha value is -3.58. The average molecular weight is 365 g/mol. The number of carbonyl (C=O) groups is 1. The second-order valence-corrected chi connectivity index (χ2v) is 7.36. The molecule has 0 spiro atoms. The van der Waals surface area contributed by atoms with Gasteiger partial charge >= 0.3 is 0 Å². The lowest BCUT2D eigenvalue weighted by Crippen LogP contribution is -2.35. The van der Waals surface area contributed by atoms with E-state index in [1.54, 1.807) is 0 Å². The van der Waals surface area contributed by atoms with E-state index in [4.69, 9.17) is 5.26 Å². The first-order valence-electron chi connectivity index (χ1n) is 9.49. The summed E-state index contributed by atoms with van der Waals surface area (Å²) in [5.41, 5.74) is 4.91. The molecule has 3 atom stereocenters. The molecule has 28 heavy (non-hydrogen) atoms. The van der Waals surface area contributed by atoms with Crippen LogP contribution in [0.5, 0.6) is 0 Å². The van der Waals surface area contributed by atoms with Crippen LogP contribution in [-0.4, -0.2) is 5.91 Å². The van der Waals surface area contributed by atoms with Gasteiger partial charge in [-0.3, -0.25) is 4.79 Å². The number of hydrogen-bond acceptors (Lipinski definition) is 3. The van der Waals surface area contributed by atoms with Crippen LogP contribution in [-0.2, 0) is 4.79 Å². The Labute approximate surface area is 164 Å². The summed E-state index contributed by atoms with van der Waals surface area (Å²) in [4.78, 5) is 15.0. The molecule has 0 saturated carbocycles. The van der Waals surface area contributed by atoms with Gasteiger partial charge in [-0.1, -0.05) is 48.5 Å². The fourth-order valence-electron chi connectivity index (χ4n) is 4.58. The van der Waals surface area contributed by atoms with Crippen LogP contribution < -0.4 is 10.2 Å². The summed E-state index contributed by atoms with van der Waals surface area (Å²) < 4.78 is 0. The van der Waals surface area contributed by atoms with Crippen LogP contribution in [0, 0.1) is 17.2 Å². The predicted molar refractivity (Wildman–Crippen MR) is 109 cm³/mol. The molecule has 4 nitrogen and oxygen atoms in total. The third-order valence-electron chi connectivity index (χ3n) is 5.81. The third kappa shape index (κ3) is 2.56. The maximum atomic E-state index is 13.1. The van der Waals surface area contributed by atoms with Gasteiger partial charge < -0.3 is 10.2 Å². The first-order chi connectivity index (χ1) is 13.8. The zero-order valence-corrected chi connectivity index (χ0v) is 15.2. The predicted octanol–water partition coefficient (Wildman–Crippen LogP) is 4.82. The lowest BCUT2D eigenvalue weighted by atomic mass is 9.80. The molecular weight excluding hydrogens is 346 g/mol. The van der Waals surface area contributed by atoms with Gasteiger partial charge in [0.1, 0.15) is 0 Å². The molecule has 1 saturated heterocycles. The molecule has 0 unspecified atom stereocenters. The summed E-state index contributed by atoms with van der Waals surface area (Å²) in [6.07, 6.45) is 0.492. The molecule has 5 rings (SSSR count). The monoisotopic (exact) mass is 365 g/mol. The molecule has 3 aromatic carbocycles. The summed E-state index contributed by atoms with van der Waals surface area (Å²) in [5.74, 6) is 0.272. The number of rotatable bonds is 2. The summed E-state index contributed by atoms with van der Waals surface area (Å²) >= 11 is 0. The summed E-state index contributed by atoms with van der Waals surface area (Å²) in [5, 5.41) is 12.8. The Morgan fingerprint density at radius 3 is 2.39 bits per heavy atom. The normalized spacial score (nSPS) is 22.8. The Balaban J connectivity index is 1.63. The van der Waals surface area contributed by atoms with Gasteiger partial charge in [0, 0.05) is 23.7 Å². The summed E-state index contributed by atoms with van der Waals surface area (Å²) in [7, 11) is 0. The minimum Gasteiger partial charge on any atom is -0.378 e. The highest BCUT2D eigenvalue weighted by Crippen LogP contribution is 2.52. The first kappa shape index (κ1) is 16.6. The van der Waals surface area contributed by atoms with Crippen LogP contribution >= 0.6 is 0 Å². The molecule has 1 amide bonds. The van der Waals surface area contributed by atoms with Crippen molar-refractivity contribution in [3.05, 3.63) is 95.6 Å². The molecule has 2 aliphatic heterocycles. The Morgan fingerprint density at radius 2 is 1.64 bits per heavy atom. The average Bonchev–Trinajstić information content (AvgIpc) is 3.11. The minimum atomic E-state index is -0.00649. The number of nitriles is 1. The Morgan fingerprint density at radius 1 is 0.929 bits per heavy atom. The number of para-hydroxylation sites is 2. The lowest BCUT2D eigenvalue weighted by Gasteiger charge is -2.39. The van der Waals surface area contributed by atoms with Crippen LogP contribution in [0.25, 0.3) is 0 Å². The van der Waals surface area contributed by atoms with E-state index >= 15 is 0 Å². The number of nitrogens with one attached hydrogen (secondary N) is 1. The second kappa shape index (κ2) is 6.54. The van der Waals surface area contributed by atoms with Gasteiger partial charge in [0.25, 0.3) is 0 Å². The van der Waals surface area contributed by atoms with Gasteiger partial charge in [0.2, 0.25) is 5.91 Å². The quantitative estimate of drug-likeness (QED) is 0.708. The van der Waals surface area contributed by atoms with Crippen LogP contribution in [0.1, 0.15) is 35.2 Å². The molecule has 0 aromatic heterocycles. The highest BCUT2D eigenvalue weighted by Gasteiger charge is 2.48. The maximum absolute atomic E-state index is 13.1. The number of fused-ring (bicyclic) bond motifs is 3. The van der Waals surface area contributed by atoms with E-state index in [1.807, 2.05) is 71.6 Å². The van der Waals surface area contributed by atoms with E-state index in [1.165, 1.54) is 0 Å². The first-order valence-corrected chi connectivity index (χ1v) is 9.49. The molecule has 1 fully saturated rings. The van der Waals surface area contributed by atoms with Crippen LogP contribution in [0.15, 0.2) is 78.9 Å². The van der Waals surface area contributed by atoms with Crippen molar-refractivity contribution in [1.29, 1.82) is 5.26 Å². The smallest absolute Gasteiger partial charge is 0.228 e. The number of amides is 1. The maximum Gasteiger partial charge on any atom is 0.228 e. The van der Waals surface area contributed by atoms with Crippen molar-refractivity contribution < 1.29 is 4.79 Å². The van der Waals surface area contributed by atoms with Crippen molar-refractivity contribution in [2.24, 2.45) is 5.92 Å². The number of benzene rings is 3. The minimum absolute atomic E-state index is 0.00649. The van der Waals surface area contributed by atoms with Crippen molar-refractivity contribution in [2.75, 3.05) is 10.2 Å². The zero-order valence-electron chi connectivity index (χ0n) is 15.2. The van der Waals surface area contributed by atoms with Gasteiger partial charge in [-0.05, 0) is 41.5 Å². The van der Waals surface area contributed by atoms with Crippen molar-refractivity contribution in [1.82, 2.24) is 0 Å². The Kier molecular flexibility index (Phi) is 3.87. The topological polar surface area (TPSA) is 56.1 Å². The van der Waals surface area contributed by atoms with Crippen LogP contribution in [0.4, 0.5) is 11.4 Å². The molecule has 4 heteroatoms. The third-order valence-corrected chi connectivity index (χ3v) is 5.81. The number of hydrogen-bond donors (Lipinski definition) is 1. The summed E-state index contributed by atoms with van der Waals surface area (Å²) in [6.45, 7) is 0. The van der Waals surface area contributed by atoms with E-state index in [0.29, 0.717) is 12.0 Å². The van der Waals surface area contributed by atoms with Gasteiger partial charge in [0.15, 0.2) is 0 Å². The highest BCUT2D eigenvalue weighted by molar-refractivity contribution is 5.97. The van der Waals surface area contributed by atoms with Crippen molar-refractivity contribution in [3.8, 4) is 6.07 Å². The van der Waals surface area contributed by atoms with Crippen molar-refractivity contribution in [2.45, 2.75) is 18.5 Å². The van der Waals surface area contributed by atoms with E-state index in [2.05, 4.69) is 23.5 Å². The van der Waals surface area contributed by atoms with Crippen molar-refractivity contribution >= 4 is 17.3 Å². The van der Waals surface area contributed by atoms with Crippen molar-refractivity contribution in [3.63, 3.8) is 0 Å². The summed E-state index contributed by atoms with van der Waals surface area (Å²) in [6, 6.07) is 28.0. The SMILES string of the molecule is N#Cc1ccc([C@@H]2Nc3ccccc3[C@@H]3[C@H]2CC(=O)N3c2ccccc2)cc1. The van der Waals surface area contributed by atoms with Crippen LogP contribution in [0.2, 0.25) is 0 Å². The van der Waals surface area contributed by atoms with Crippen LogP contribution in [0.3, 0.4) is 0 Å². The van der Waals surface area contributed by atoms with E-state index < -0.39 is 0 Å². The lowest BCUT2D eigenvalue weighted by molar-refractivity contribution is -0.117. The van der Waals surface area contributed by atoms with E-state index in [9.17, 15) is 4.79 Å². The van der Waals surface area contributed by atoms with Gasteiger partial charge in [-0.25, -0.2) is 0 Å². The van der Waals surface area contributed by atoms with E-state index in [-0.39, 0.29) is 23.9 Å². The fraction of sp³-hybridized carbons (Fsp3) is 0.167. The largest absolute Gasteiger partial charge is 0.378 e. The molecule has 136 valence electrons. The number of nitrogens with zero attached hydrogens (tertiary/aromatic N) is 2. The second-order valence-electron chi connectivity index (χ2n) is 7.36. The van der Waals surface area contributed by atoms with E-state index in [0.717, 1.165) is 22.5 Å². The van der Waals surface area contributed by atoms with Gasteiger partial charge in [-0.15, -0.1) is 0 Å². The molecular formula is C24H19N3O. The molecule has 2 aliphatic rings. The molecule has 3 aromatic rings. The number of carbonyl (C=O) groups excluding carboxylic acids is 1. The highest BCUT2D eigenvalue weighted by atomic mass is 16.2. The molecule has 0 aliphatic carbocycles. The molecule has 0 radical (unpaired) electrons. The molecule has 0 bridgehead atoms. The zero-order chi connectivity index (χ0) is 19.1. The fourth-order valence-corrected chi connectivity index (χ4v) is 4.58. The van der Waals surface area contributed by atoms with Gasteiger partial charge in [0.05, 0.1) is 23.7 Å². The Bertz CT molecular complexity index is 1070. The number of anilines is 2.